The molecular weight excluding hydrogens is 394 g/mol. The van der Waals surface area contributed by atoms with E-state index in [1.165, 1.54) is 38.5 Å². The zero-order valence-electron chi connectivity index (χ0n) is 14.3. The molecule has 3 rings (SSSR count). The molecule has 27 heavy (non-hydrogen) atoms. The molecule has 0 atom stereocenters. The van der Waals surface area contributed by atoms with Crippen LogP contribution in [-0.4, -0.2) is 33.9 Å². The summed E-state index contributed by atoms with van der Waals surface area (Å²) < 4.78 is 42.8. The fourth-order valence-electron chi connectivity index (χ4n) is 2.17. The number of amides is 1. The Labute approximate surface area is 160 Å². The Balaban J connectivity index is 1.83. The number of amidine groups is 1. The highest BCUT2D eigenvalue weighted by atomic mass is 32.2. The molecule has 0 bridgehead atoms. The number of benzene rings is 2. The molecule has 1 aliphatic rings. The summed E-state index contributed by atoms with van der Waals surface area (Å²) >= 11 is 1.04. The molecule has 1 aliphatic heterocycles. The maximum atomic E-state index is 12.5. The van der Waals surface area contributed by atoms with Gasteiger partial charge in [-0.25, -0.2) is 9.79 Å². The molecule has 0 radical (unpaired) electrons. The van der Waals surface area contributed by atoms with Crippen LogP contribution >= 0.6 is 11.9 Å². The van der Waals surface area contributed by atoms with Crippen LogP contribution in [0.3, 0.4) is 0 Å². The van der Waals surface area contributed by atoms with Crippen molar-refractivity contribution in [1.29, 1.82) is 0 Å². The summed E-state index contributed by atoms with van der Waals surface area (Å²) in [5, 5.41) is 2.74. The van der Waals surface area contributed by atoms with Gasteiger partial charge in [0.15, 0.2) is 5.17 Å². The lowest BCUT2D eigenvalue weighted by Gasteiger charge is -2.17. The van der Waals surface area contributed by atoms with Gasteiger partial charge < -0.3 is 18.4 Å². The summed E-state index contributed by atoms with van der Waals surface area (Å²) in [5.74, 6) is 0.291. The first kappa shape index (κ1) is 18.9. The van der Waals surface area contributed by atoms with Gasteiger partial charge in [0.25, 0.3) is 0 Å². The van der Waals surface area contributed by atoms with E-state index >= 15 is 0 Å². The molecule has 11 heteroatoms. The van der Waals surface area contributed by atoms with Gasteiger partial charge in [-0.1, -0.05) is 12.1 Å². The second-order valence-electron chi connectivity index (χ2n) is 5.10. The Morgan fingerprint density at radius 1 is 1.19 bits per heavy atom. The second-order valence-corrected chi connectivity index (χ2v) is 7.41. The van der Waals surface area contributed by atoms with Crippen LogP contribution in [0.1, 0.15) is 0 Å². The van der Waals surface area contributed by atoms with Crippen molar-refractivity contribution in [2.24, 2.45) is 4.99 Å². The van der Waals surface area contributed by atoms with Crippen molar-refractivity contribution in [3.8, 4) is 11.5 Å². The smallest absolute Gasteiger partial charge is 0.412 e. The van der Waals surface area contributed by atoms with Gasteiger partial charge >= 0.3 is 16.2 Å². The number of alkyl carbamates (subject to hydrolysis) is 1. The van der Waals surface area contributed by atoms with Gasteiger partial charge in [-0.3, -0.25) is 5.32 Å². The minimum absolute atomic E-state index is 0.0739. The second kappa shape index (κ2) is 7.76. The predicted octanol–water partition coefficient (Wildman–Crippen LogP) is 2.88. The first-order valence-electron chi connectivity index (χ1n) is 7.51. The van der Waals surface area contributed by atoms with Crippen LogP contribution in [0.5, 0.6) is 11.5 Å². The third-order valence-electron chi connectivity index (χ3n) is 3.39. The number of carbonyl (C=O) groups excluding carboxylic acids is 1. The molecule has 2 aromatic rings. The van der Waals surface area contributed by atoms with Gasteiger partial charge in [-0.15, -0.1) is 0 Å². The molecule has 0 unspecified atom stereocenters. The zero-order valence-corrected chi connectivity index (χ0v) is 15.9. The van der Waals surface area contributed by atoms with Crippen molar-refractivity contribution in [3.05, 3.63) is 42.5 Å². The number of rotatable bonds is 4. The highest BCUT2D eigenvalue weighted by Gasteiger charge is 2.23. The topological polar surface area (TPSA) is 115 Å². The largest absolute Gasteiger partial charge is 0.495 e. The van der Waals surface area contributed by atoms with Crippen molar-refractivity contribution in [3.63, 3.8) is 0 Å². The summed E-state index contributed by atoms with van der Waals surface area (Å²) in [6.45, 7) is 0. The maximum Gasteiger partial charge on any atom is 0.412 e. The van der Waals surface area contributed by atoms with Crippen molar-refractivity contribution in [2.75, 3.05) is 18.9 Å². The lowest BCUT2D eigenvalue weighted by Crippen LogP contribution is -2.29. The first-order chi connectivity index (χ1) is 12.9. The average molecular weight is 409 g/mol. The lowest BCUT2D eigenvalue weighted by molar-refractivity contribution is 0.177. The van der Waals surface area contributed by atoms with Crippen LogP contribution in [0.15, 0.2) is 52.4 Å². The van der Waals surface area contributed by atoms with Crippen molar-refractivity contribution < 1.29 is 26.9 Å². The number of carbonyl (C=O) groups is 1. The third kappa shape index (κ3) is 4.26. The van der Waals surface area contributed by atoms with Crippen LogP contribution in [0.25, 0.3) is 0 Å². The van der Waals surface area contributed by atoms with E-state index in [0.29, 0.717) is 16.5 Å². The van der Waals surface area contributed by atoms with Gasteiger partial charge in [-0.05, 0) is 24.3 Å². The number of methoxy groups -OCH3 is 2. The number of nitrogens with zero attached hydrogens (tertiary/aromatic N) is 1. The van der Waals surface area contributed by atoms with E-state index < -0.39 is 16.2 Å². The van der Waals surface area contributed by atoms with E-state index in [-0.39, 0.29) is 16.4 Å². The predicted molar refractivity (Wildman–Crippen MR) is 101 cm³/mol. The van der Waals surface area contributed by atoms with E-state index in [0.717, 1.165) is 11.9 Å². The summed E-state index contributed by atoms with van der Waals surface area (Å²) in [4.78, 5) is 15.4. The minimum Gasteiger partial charge on any atom is -0.495 e. The highest BCUT2D eigenvalue weighted by molar-refractivity contribution is 8.15. The Kier molecular flexibility index (Phi) is 5.42. The number of fused-ring (bicyclic) bond motifs is 1. The SMILES string of the molecule is COC(=O)NC1=Nc2ccc(OS(=O)(=O)c3ccccc3OC)cc2NS1. The van der Waals surface area contributed by atoms with Crippen LogP contribution in [-0.2, 0) is 14.9 Å². The molecule has 2 aromatic carbocycles. The van der Waals surface area contributed by atoms with Gasteiger partial charge in [0, 0.05) is 18.0 Å². The molecule has 1 heterocycles. The molecule has 0 aliphatic carbocycles. The van der Waals surface area contributed by atoms with Crippen molar-refractivity contribution in [1.82, 2.24) is 5.32 Å². The van der Waals surface area contributed by atoms with Crippen LogP contribution < -0.4 is 19.0 Å². The monoisotopic (exact) mass is 409 g/mol. The number of ether oxygens (including phenoxy) is 2. The lowest BCUT2D eigenvalue weighted by atomic mass is 10.2. The van der Waals surface area contributed by atoms with Crippen molar-refractivity contribution >= 4 is 44.7 Å². The zero-order chi connectivity index (χ0) is 19.4. The van der Waals surface area contributed by atoms with Crippen LogP contribution in [0.2, 0.25) is 0 Å². The summed E-state index contributed by atoms with van der Waals surface area (Å²) in [6, 6.07) is 10.7. The summed E-state index contributed by atoms with van der Waals surface area (Å²) in [7, 11) is -1.45. The number of para-hydroxylation sites is 1. The highest BCUT2D eigenvalue weighted by Crippen LogP contribution is 2.36. The van der Waals surface area contributed by atoms with Gasteiger partial charge in [-0.2, -0.15) is 8.42 Å². The van der Waals surface area contributed by atoms with Gasteiger partial charge in [0.05, 0.1) is 25.6 Å². The van der Waals surface area contributed by atoms with E-state index in [4.69, 9.17) is 8.92 Å². The molecule has 1 amide bonds. The standard InChI is InChI=1S/C16H15N3O6S2/c1-23-13-5-3-4-6-14(13)27(21,22)25-10-7-8-11-12(9-10)19-26-15(17-11)18-16(20)24-2/h3-9,19H,1-2H3,(H,17,18,20). The molecule has 2 N–H and O–H groups in total. The fourth-order valence-corrected chi connectivity index (χ4v) is 3.91. The molecule has 0 aromatic heterocycles. The molecule has 9 nitrogen and oxygen atoms in total. The number of anilines is 1. The Morgan fingerprint density at radius 2 is 1.96 bits per heavy atom. The Hall–Kier alpha value is -2.92. The van der Waals surface area contributed by atoms with Crippen LogP contribution in [0.4, 0.5) is 16.2 Å². The van der Waals surface area contributed by atoms with E-state index in [9.17, 15) is 13.2 Å². The average Bonchev–Trinajstić information content (AvgIpc) is 2.67. The molecule has 142 valence electrons. The van der Waals surface area contributed by atoms with Crippen molar-refractivity contribution in [2.45, 2.75) is 4.90 Å². The normalized spacial score (nSPS) is 12.9. The number of aliphatic imine (C=N–C) groups is 1. The summed E-state index contributed by atoms with van der Waals surface area (Å²) in [6.07, 6.45) is -0.644. The van der Waals surface area contributed by atoms with Crippen LogP contribution in [0, 0.1) is 0 Å². The minimum atomic E-state index is -4.08. The molecule has 0 spiro atoms. The third-order valence-corrected chi connectivity index (χ3v) is 5.38. The number of hydrogen-bond donors (Lipinski definition) is 2. The molecule has 0 saturated heterocycles. The van der Waals surface area contributed by atoms with Gasteiger partial charge in [0.1, 0.15) is 16.4 Å². The van der Waals surface area contributed by atoms with E-state index in [1.807, 2.05) is 0 Å². The Morgan fingerprint density at radius 3 is 2.70 bits per heavy atom. The fraction of sp³-hybridized carbons (Fsp3) is 0.125. The Bertz CT molecular complexity index is 1010. The van der Waals surface area contributed by atoms with Gasteiger partial charge in [0.2, 0.25) is 0 Å². The molecular formula is C16H15N3O6S2. The van der Waals surface area contributed by atoms with E-state index in [2.05, 4.69) is 19.8 Å². The van der Waals surface area contributed by atoms with E-state index in [1.54, 1.807) is 18.2 Å². The maximum absolute atomic E-state index is 12.5. The molecule has 0 fully saturated rings. The quantitative estimate of drug-likeness (QED) is 0.585. The molecule has 0 saturated carbocycles. The number of hydrogen-bond acceptors (Lipinski definition) is 9. The summed E-state index contributed by atoms with van der Waals surface area (Å²) in [5.41, 5.74) is 1.03. The first-order valence-corrected chi connectivity index (χ1v) is 9.73. The number of nitrogens with one attached hydrogen (secondary N) is 2.